The fourth-order valence-corrected chi connectivity index (χ4v) is 3.06. The fraction of sp³-hybridized carbons (Fsp3) is 0.538. The van der Waals surface area contributed by atoms with Crippen LogP contribution in [0.4, 0.5) is 0 Å². The van der Waals surface area contributed by atoms with Gasteiger partial charge in [-0.15, -0.1) is 0 Å². The smallest absolute Gasteiger partial charge is 0.0233 e. The maximum atomic E-state index is 5.70. The van der Waals surface area contributed by atoms with Crippen molar-refractivity contribution in [2.45, 2.75) is 6.54 Å². The van der Waals surface area contributed by atoms with E-state index in [-0.39, 0.29) is 0 Å². The molecule has 0 amide bonds. The molecule has 1 aromatic carbocycles. The Balaban J connectivity index is 1.56. The van der Waals surface area contributed by atoms with Gasteiger partial charge in [-0.05, 0) is 29.9 Å². The summed E-state index contributed by atoms with van der Waals surface area (Å²) < 4.78 is 0. The Morgan fingerprint density at radius 1 is 1.13 bits per heavy atom. The highest BCUT2D eigenvalue weighted by molar-refractivity contribution is 5.16. The van der Waals surface area contributed by atoms with Crippen molar-refractivity contribution >= 4 is 0 Å². The van der Waals surface area contributed by atoms with Crippen LogP contribution >= 0.6 is 0 Å². The zero-order valence-electron chi connectivity index (χ0n) is 8.97. The minimum Gasteiger partial charge on any atom is -0.330 e. The number of piperidine rings is 1. The maximum absolute atomic E-state index is 5.70. The van der Waals surface area contributed by atoms with Crippen molar-refractivity contribution in [3.63, 3.8) is 0 Å². The number of nitrogens with zero attached hydrogens (tertiary/aromatic N) is 1. The zero-order chi connectivity index (χ0) is 10.3. The van der Waals surface area contributed by atoms with Gasteiger partial charge in [-0.2, -0.15) is 0 Å². The molecule has 1 aliphatic heterocycles. The van der Waals surface area contributed by atoms with Gasteiger partial charge in [-0.3, -0.25) is 4.90 Å². The largest absolute Gasteiger partial charge is 0.330 e. The van der Waals surface area contributed by atoms with E-state index in [1.54, 1.807) is 0 Å². The molecule has 2 N–H and O–H groups in total. The van der Waals surface area contributed by atoms with E-state index >= 15 is 0 Å². The molecule has 2 fully saturated rings. The summed E-state index contributed by atoms with van der Waals surface area (Å²) >= 11 is 0. The lowest BCUT2D eigenvalue weighted by Crippen LogP contribution is -2.25. The number of rotatable bonds is 3. The Morgan fingerprint density at radius 2 is 1.80 bits per heavy atom. The molecule has 2 nitrogen and oxygen atoms in total. The van der Waals surface area contributed by atoms with Crippen LogP contribution in [0.1, 0.15) is 5.56 Å². The first kappa shape index (κ1) is 9.37. The van der Waals surface area contributed by atoms with Crippen LogP contribution in [-0.2, 0) is 6.54 Å². The quantitative estimate of drug-likeness (QED) is 0.801. The molecule has 0 aromatic heterocycles. The molecule has 3 rings (SSSR count). The van der Waals surface area contributed by atoms with Crippen LogP contribution in [0, 0.1) is 17.8 Å². The summed E-state index contributed by atoms with van der Waals surface area (Å²) in [6.45, 7) is 4.54. The van der Waals surface area contributed by atoms with E-state index < -0.39 is 0 Å². The number of hydrogen-bond acceptors (Lipinski definition) is 2. The Bertz CT molecular complexity index is 324. The third-order valence-electron chi connectivity index (χ3n) is 3.97. The molecule has 2 heteroatoms. The number of nitrogens with two attached hydrogens (primary N) is 1. The summed E-state index contributed by atoms with van der Waals surface area (Å²) in [5, 5.41) is 0. The summed E-state index contributed by atoms with van der Waals surface area (Å²) in [7, 11) is 0. The Kier molecular flexibility index (Phi) is 2.26. The number of likely N-dealkylation sites (tertiary alicyclic amines) is 1. The zero-order valence-corrected chi connectivity index (χ0v) is 8.97. The molecule has 1 aromatic rings. The molecule has 2 atom stereocenters. The number of fused-ring (bicyclic) bond motifs is 1. The molecular formula is C13H18N2. The molecule has 1 saturated heterocycles. The molecule has 2 unspecified atom stereocenters. The van der Waals surface area contributed by atoms with Crippen LogP contribution in [-0.4, -0.2) is 24.5 Å². The highest BCUT2D eigenvalue weighted by Crippen LogP contribution is 2.51. The summed E-state index contributed by atoms with van der Waals surface area (Å²) in [5.41, 5.74) is 7.14. The van der Waals surface area contributed by atoms with E-state index in [2.05, 4.69) is 35.2 Å². The van der Waals surface area contributed by atoms with E-state index in [0.717, 1.165) is 30.8 Å². The molecule has 0 bridgehead atoms. The molecule has 0 radical (unpaired) electrons. The van der Waals surface area contributed by atoms with Crippen LogP contribution in [0.15, 0.2) is 30.3 Å². The molecule has 0 spiro atoms. The van der Waals surface area contributed by atoms with Gasteiger partial charge in [0.2, 0.25) is 0 Å². The van der Waals surface area contributed by atoms with Crippen LogP contribution in [0.3, 0.4) is 0 Å². The average Bonchev–Trinajstić information content (AvgIpc) is 2.75. The van der Waals surface area contributed by atoms with Gasteiger partial charge in [0, 0.05) is 19.6 Å². The first-order chi connectivity index (χ1) is 7.38. The van der Waals surface area contributed by atoms with E-state index in [0.29, 0.717) is 0 Å². The van der Waals surface area contributed by atoms with Crippen molar-refractivity contribution in [1.29, 1.82) is 0 Å². The molecule has 1 saturated carbocycles. The van der Waals surface area contributed by atoms with Crippen molar-refractivity contribution in [2.24, 2.45) is 23.5 Å². The van der Waals surface area contributed by atoms with Gasteiger partial charge in [-0.25, -0.2) is 0 Å². The van der Waals surface area contributed by atoms with Crippen LogP contribution in [0.2, 0.25) is 0 Å². The lowest BCUT2D eigenvalue weighted by molar-refractivity contribution is 0.279. The second-order valence-corrected chi connectivity index (χ2v) is 4.91. The Hall–Kier alpha value is -0.860. The topological polar surface area (TPSA) is 29.3 Å². The molecule has 80 valence electrons. The molecule has 1 heterocycles. The van der Waals surface area contributed by atoms with Gasteiger partial charge < -0.3 is 5.73 Å². The third kappa shape index (κ3) is 1.68. The minimum absolute atomic E-state index is 0.844. The van der Waals surface area contributed by atoms with Crippen LogP contribution in [0.5, 0.6) is 0 Å². The molecule has 15 heavy (non-hydrogen) atoms. The normalized spacial score (nSPS) is 34.1. The maximum Gasteiger partial charge on any atom is 0.0233 e. The van der Waals surface area contributed by atoms with Crippen molar-refractivity contribution in [3.05, 3.63) is 35.9 Å². The lowest BCUT2D eigenvalue weighted by Gasteiger charge is -2.18. The minimum atomic E-state index is 0.844. The number of benzene rings is 1. The summed E-state index contributed by atoms with van der Waals surface area (Å²) in [6.07, 6.45) is 0. The standard InChI is InChI=1S/C13H18N2/c14-6-11-12-8-15(9-13(11)12)7-10-4-2-1-3-5-10/h1-5,11-13H,6-9,14H2. The van der Waals surface area contributed by atoms with Gasteiger partial charge >= 0.3 is 0 Å². The third-order valence-corrected chi connectivity index (χ3v) is 3.97. The van der Waals surface area contributed by atoms with Gasteiger partial charge in [0.1, 0.15) is 0 Å². The summed E-state index contributed by atoms with van der Waals surface area (Å²) in [6, 6.07) is 10.7. The lowest BCUT2D eigenvalue weighted by atomic mass is 10.2. The number of hydrogen-bond donors (Lipinski definition) is 1. The first-order valence-electron chi connectivity index (χ1n) is 5.85. The molecule has 1 aliphatic carbocycles. The van der Waals surface area contributed by atoms with Gasteiger partial charge in [0.25, 0.3) is 0 Å². The summed E-state index contributed by atoms with van der Waals surface area (Å²) in [4.78, 5) is 2.57. The molecule has 2 aliphatic rings. The monoisotopic (exact) mass is 202 g/mol. The highest BCUT2D eigenvalue weighted by Gasteiger charge is 2.54. The van der Waals surface area contributed by atoms with Gasteiger partial charge in [0.15, 0.2) is 0 Å². The Labute approximate surface area is 91.1 Å². The predicted molar refractivity (Wildman–Crippen MR) is 61.2 cm³/mol. The SMILES string of the molecule is NCC1C2CN(Cc3ccccc3)CC12. The average molecular weight is 202 g/mol. The fourth-order valence-electron chi connectivity index (χ4n) is 3.06. The van der Waals surface area contributed by atoms with Crippen LogP contribution in [0.25, 0.3) is 0 Å². The second-order valence-electron chi connectivity index (χ2n) is 4.91. The highest BCUT2D eigenvalue weighted by atomic mass is 15.2. The van der Waals surface area contributed by atoms with Crippen molar-refractivity contribution in [1.82, 2.24) is 4.90 Å². The van der Waals surface area contributed by atoms with Gasteiger partial charge in [0.05, 0.1) is 0 Å². The predicted octanol–water partition coefficient (Wildman–Crippen LogP) is 1.32. The van der Waals surface area contributed by atoms with E-state index in [1.807, 2.05) is 0 Å². The summed E-state index contributed by atoms with van der Waals surface area (Å²) in [5.74, 6) is 2.68. The van der Waals surface area contributed by atoms with Crippen molar-refractivity contribution in [2.75, 3.05) is 19.6 Å². The van der Waals surface area contributed by atoms with E-state index in [1.165, 1.54) is 18.7 Å². The van der Waals surface area contributed by atoms with Crippen molar-refractivity contribution in [3.8, 4) is 0 Å². The Morgan fingerprint density at radius 3 is 2.40 bits per heavy atom. The van der Waals surface area contributed by atoms with Gasteiger partial charge in [-0.1, -0.05) is 30.3 Å². The first-order valence-corrected chi connectivity index (χ1v) is 5.85. The van der Waals surface area contributed by atoms with Crippen LogP contribution < -0.4 is 5.73 Å². The second kappa shape index (κ2) is 3.62. The van der Waals surface area contributed by atoms with Crippen molar-refractivity contribution < 1.29 is 0 Å². The molecular weight excluding hydrogens is 184 g/mol. The van der Waals surface area contributed by atoms with E-state index in [9.17, 15) is 0 Å². The van der Waals surface area contributed by atoms with E-state index in [4.69, 9.17) is 5.73 Å².